The number of hydrogen-bond donors (Lipinski definition) is 1. The summed E-state index contributed by atoms with van der Waals surface area (Å²) in [5.74, 6) is 0. The van der Waals surface area contributed by atoms with Crippen molar-refractivity contribution in [2.75, 3.05) is 6.54 Å². The molecule has 3 heteroatoms. The van der Waals surface area contributed by atoms with Gasteiger partial charge < -0.3 is 9.73 Å². The summed E-state index contributed by atoms with van der Waals surface area (Å²) in [4.78, 5) is 0. The largest absolute Gasteiger partial charge is 0.472 e. The first kappa shape index (κ1) is 11.4. The van der Waals surface area contributed by atoms with Gasteiger partial charge in [-0.2, -0.15) is 11.3 Å². The molecule has 1 unspecified atom stereocenters. The summed E-state index contributed by atoms with van der Waals surface area (Å²) in [6.07, 6.45) is 5.71. The molecule has 16 heavy (non-hydrogen) atoms. The molecule has 0 saturated heterocycles. The maximum absolute atomic E-state index is 5.11. The lowest BCUT2D eigenvalue weighted by molar-refractivity contribution is 0.521. The molecule has 2 rings (SSSR count). The monoisotopic (exact) mass is 235 g/mol. The van der Waals surface area contributed by atoms with Crippen LogP contribution in [0.2, 0.25) is 0 Å². The lowest BCUT2D eigenvalue weighted by Gasteiger charge is -2.16. The van der Waals surface area contributed by atoms with E-state index < -0.39 is 0 Å². The Balaban J connectivity index is 2.03. The highest BCUT2D eigenvalue weighted by Crippen LogP contribution is 2.21. The number of thiophene rings is 1. The van der Waals surface area contributed by atoms with Crippen molar-refractivity contribution in [2.45, 2.75) is 25.8 Å². The first-order valence-corrected chi connectivity index (χ1v) is 6.61. The lowest BCUT2D eigenvalue weighted by atomic mass is 10.0. The van der Waals surface area contributed by atoms with Gasteiger partial charge in [0.25, 0.3) is 0 Å². The number of hydrogen-bond acceptors (Lipinski definition) is 3. The normalized spacial score (nSPS) is 12.8. The smallest absolute Gasteiger partial charge is 0.0935 e. The van der Waals surface area contributed by atoms with E-state index in [4.69, 9.17) is 4.42 Å². The van der Waals surface area contributed by atoms with Crippen LogP contribution >= 0.6 is 11.3 Å². The highest BCUT2D eigenvalue weighted by molar-refractivity contribution is 7.07. The second-order valence-corrected chi connectivity index (χ2v) is 4.68. The summed E-state index contributed by atoms with van der Waals surface area (Å²) >= 11 is 1.75. The van der Waals surface area contributed by atoms with Crippen LogP contribution in [0.5, 0.6) is 0 Å². The van der Waals surface area contributed by atoms with Gasteiger partial charge in [0.05, 0.1) is 12.5 Å². The fourth-order valence-corrected chi connectivity index (χ4v) is 2.46. The van der Waals surface area contributed by atoms with Gasteiger partial charge in [-0.05, 0) is 53.4 Å². The van der Waals surface area contributed by atoms with E-state index in [-0.39, 0.29) is 0 Å². The van der Waals surface area contributed by atoms with Crippen molar-refractivity contribution in [3.05, 3.63) is 46.5 Å². The SMILES string of the molecule is CCCNC(Cc1ccoc1)c1ccsc1. The number of rotatable bonds is 6. The Kier molecular flexibility index (Phi) is 4.19. The summed E-state index contributed by atoms with van der Waals surface area (Å²) in [5.41, 5.74) is 2.62. The third-order valence-electron chi connectivity index (χ3n) is 2.61. The first-order valence-electron chi connectivity index (χ1n) is 5.66. The molecular weight excluding hydrogens is 218 g/mol. The molecule has 0 aromatic carbocycles. The molecule has 0 aliphatic heterocycles. The molecule has 2 aromatic rings. The van der Waals surface area contributed by atoms with Crippen molar-refractivity contribution in [3.8, 4) is 0 Å². The van der Waals surface area contributed by atoms with Crippen molar-refractivity contribution in [2.24, 2.45) is 0 Å². The molecule has 0 saturated carbocycles. The molecule has 2 aromatic heterocycles. The van der Waals surface area contributed by atoms with Crippen LogP contribution in [0.25, 0.3) is 0 Å². The van der Waals surface area contributed by atoms with E-state index in [0.29, 0.717) is 6.04 Å². The molecule has 0 aliphatic rings. The zero-order valence-corrected chi connectivity index (χ0v) is 10.3. The number of nitrogens with one attached hydrogen (secondary N) is 1. The summed E-state index contributed by atoms with van der Waals surface area (Å²) in [6.45, 7) is 3.24. The predicted octanol–water partition coefficient (Wildman–Crippen LogP) is 3.62. The summed E-state index contributed by atoms with van der Waals surface area (Å²) in [5, 5.41) is 7.92. The van der Waals surface area contributed by atoms with E-state index in [0.717, 1.165) is 19.4 Å². The average molecular weight is 235 g/mol. The maximum atomic E-state index is 5.11. The van der Waals surface area contributed by atoms with E-state index >= 15 is 0 Å². The summed E-state index contributed by atoms with van der Waals surface area (Å²) in [6, 6.07) is 4.63. The Bertz CT molecular complexity index is 380. The van der Waals surface area contributed by atoms with Crippen LogP contribution in [0.3, 0.4) is 0 Å². The summed E-state index contributed by atoms with van der Waals surface area (Å²) < 4.78 is 5.11. The van der Waals surface area contributed by atoms with Gasteiger partial charge >= 0.3 is 0 Å². The Morgan fingerprint density at radius 1 is 1.44 bits per heavy atom. The molecule has 1 atom stereocenters. The Hall–Kier alpha value is -1.06. The lowest BCUT2D eigenvalue weighted by Crippen LogP contribution is -2.23. The fraction of sp³-hybridized carbons (Fsp3) is 0.385. The van der Waals surface area contributed by atoms with Gasteiger partial charge in [0.2, 0.25) is 0 Å². The third-order valence-corrected chi connectivity index (χ3v) is 3.31. The molecule has 2 nitrogen and oxygen atoms in total. The molecule has 0 bridgehead atoms. The van der Waals surface area contributed by atoms with Gasteiger partial charge in [-0.3, -0.25) is 0 Å². The van der Waals surface area contributed by atoms with Crippen LogP contribution in [-0.2, 0) is 6.42 Å². The van der Waals surface area contributed by atoms with Crippen LogP contribution in [0.1, 0.15) is 30.5 Å². The van der Waals surface area contributed by atoms with Gasteiger partial charge in [-0.1, -0.05) is 6.92 Å². The van der Waals surface area contributed by atoms with Gasteiger partial charge in [0.1, 0.15) is 0 Å². The van der Waals surface area contributed by atoms with Crippen molar-refractivity contribution in [1.29, 1.82) is 0 Å². The maximum Gasteiger partial charge on any atom is 0.0935 e. The average Bonchev–Trinajstić information content (AvgIpc) is 2.96. The quantitative estimate of drug-likeness (QED) is 0.827. The zero-order chi connectivity index (χ0) is 11.2. The van der Waals surface area contributed by atoms with E-state index in [2.05, 4.69) is 29.1 Å². The minimum atomic E-state index is 0.406. The first-order chi connectivity index (χ1) is 7.90. The van der Waals surface area contributed by atoms with Crippen LogP contribution in [0, 0.1) is 0 Å². The zero-order valence-electron chi connectivity index (χ0n) is 9.48. The molecule has 0 spiro atoms. The molecule has 0 amide bonds. The van der Waals surface area contributed by atoms with E-state index in [1.165, 1.54) is 11.1 Å². The highest BCUT2D eigenvalue weighted by Gasteiger charge is 2.12. The van der Waals surface area contributed by atoms with Crippen LogP contribution in [0.4, 0.5) is 0 Å². The van der Waals surface area contributed by atoms with E-state index in [1.54, 1.807) is 17.6 Å². The Labute approximate surface area is 100 Å². The molecular formula is C13H17NOS. The van der Waals surface area contributed by atoms with Crippen molar-refractivity contribution >= 4 is 11.3 Å². The van der Waals surface area contributed by atoms with Crippen LogP contribution in [-0.4, -0.2) is 6.54 Å². The molecule has 2 heterocycles. The minimum Gasteiger partial charge on any atom is -0.472 e. The third kappa shape index (κ3) is 2.97. The Morgan fingerprint density at radius 2 is 2.38 bits per heavy atom. The molecule has 0 aliphatic carbocycles. The standard InChI is InChI=1S/C13H17NOS/c1-2-5-14-13(12-4-7-16-10-12)8-11-3-6-15-9-11/h3-4,6-7,9-10,13-14H,2,5,8H2,1H3. The van der Waals surface area contributed by atoms with Gasteiger partial charge in [0, 0.05) is 6.04 Å². The predicted molar refractivity (Wildman–Crippen MR) is 67.8 cm³/mol. The number of furan rings is 1. The highest BCUT2D eigenvalue weighted by atomic mass is 32.1. The van der Waals surface area contributed by atoms with Crippen molar-refractivity contribution in [1.82, 2.24) is 5.32 Å². The Morgan fingerprint density at radius 3 is 3.00 bits per heavy atom. The summed E-state index contributed by atoms with van der Waals surface area (Å²) in [7, 11) is 0. The molecule has 0 radical (unpaired) electrons. The van der Waals surface area contributed by atoms with Crippen molar-refractivity contribution < 1.29 is 4.42 Å². The van der Waals surface area contributed by atoms with E-state index in [1.807, 2.05) is 12.3 Å². The topological polar surface area (TPSA) is 25.2 Å². The van der Waals surface area contributed by atoms with E-state index in [9.17, 15) is 0 Å². The second kappa shape index (κ2) is 5.87. The van der Waals surface area contributed by atoms with Crippen LogP contribution in [0.15, 0.2) is 39.8 Å². The second-order valence-electron chi connectivity index (χ2n) is 3.90. The fourth-order valence-electron chi connectivity index (χ4n) is 1.74. The minimum absolute atomic E-state index is 0.406. The molecule has 0 fully saturated rings. The van der Waals surface area contributed by atoms with Gasteiger partial charge in [-0.25, -0.2) is 0 Å². The van der Waals surface area contributed by atoms with Gasteiger partial charge in [-0.15, -0.1) is 0 Å². The molecule has 1 N–H and O–H groups in total. The molecule has 86 valence electrons. The van der Waals surface area contributed by atoms with Crippen LogP contribution < -0.4 is 5.32 Å². The van der Waals surface area contributed by atoms with Gasteiger partial charge in [0.15, 0.2) is 0 Å². The van der Waals surface area contributed by atoms with Crippen molar-refractivity contribution in [3.63, 3.8) is 0 Å².